The predicted molar refractivity (Wildman–Crippen MR) is 86.1 cm³/mol. The maximum Gasteiger partial charge on any atom is 0.0476 e. The van der Waals surface area contributed by atoms with E-state index in [0.717, 1.165) is 32.6 Å². The average Bonchev–Trinajstić information content (AvgIpc) is 2.56. The zero-order valence-electron chi connectivity index (χ0n) is 12.6. The second kappa shape index (κ2) is 6.83. The van der Waals surface area contributed by atoms with Crippen LogP contribution in [-0.2, 0) is 13.0 Å². The number of nitrogens with zero attached hydrogens (tertiary/aromatic N) is 2. The van der Waals surface area contributed by atoms with E-state index < -0.39 is 0 Å². The van der Waals surface area contributed by atoms with Gasteiger partial charge in [-0.3, -0.25) is 9.88 Å². The van der Waals surface area contributed by atoms with E-state index in [0.29, 0.717) is 6.04 Å². The molecule has 1 aliphatic rings. The van der Waals surface area contributed by atoms with Crippen LogP contribution >= 0.6 is 0 Å². The van der Waals surface area contributed by atoms with E-state index in [1.807, 2.05) is 12.4 Å². The number of hydrogen-bond donors (Lipinski definition) is 1. The second-order valence-corrected chi connectivity index (χ2v) is 5.64. The Morgan fingerprint density at radius 2 is 1.86 bits per heavy atom. The van der Waals surface area contributed by atoms with E-state index in [1.54, 1.807) is 0 Å². The van der Waals surface area contributed by atoms with Crippen molar-refractivity contribution in [2.45, 2.75) is 25.9 Å². The first kappa shape index (κ1) is 14.2. The highest BCUT2D eigenvalue weighted by Crippen LogP contribution is 2.24. The molecule has 3 heteroatoms. The van der Waals surface area contributed by atoms with Crippen LogP contribution in [-0.4, -0.2) is 29.5 Å². The van der Waals surface area contributed by atoms with Crippen LogP contribution in [0, 0.1) is 0 Å². The quantitative estimate of drug-likeness (QED) is 0.934. The fourth-order valence-corrected chi connectivity index (χ4v) is 2.96. The van der Waals surface area contributed by atoms with Gasteiger partial charge in [0.25, 0.3) is 0 Å². The smallest absolute Gasteiger partial charge is 0.0476 e. The van der Waals surface area contributed by atoms with E-state index in [2.05, 4.69) is 58.5 Å². The van der Waals surface area contributed by atoms with Gasteiger partial charge < -0.3 is 5.32 Å². The van der Waals surface area contributed by atoms with Crippen LogP contribution in [0.4, 0.5) is 0 Å². The number of pyridine rings is 1. The number of hydrogen-bond acceptors (Lipinski definition) is 3. The van der Waals surface area contributed by atoms with Crippen molar-refractivity contribution in [2.24, 2.45) is 0 Å². The Balaban J connectivity index is 1.77. The van der Waals surface area contributed by atoms with E-state index in [1.165, 1.54) is 16.7 Å². The van der Waals surface area contributed by atoms with E-state index in [-0.39, 0.29) is 0 Å². The Kier molecular flexibility index (Phi) is 4.63. The molecule has 3 nitrogen and oxygen atoms in total. The molecular weight excluding hydrogens is 258 g/mol. The number of nitrogens with one attached hydrogen (secondary N) is 1. The van der Waals surface area contributed by atoms with Crippen LogP contribution < -0.4 is 5.32 Å². The molecule has 1 aliphatic heterocycles. The van der Waals surface area contributed by atoms with Crippen molar-refractivity contribution < 1.29 is 0 Å². The third kappa shape index (κ3) is 3.49. The fourth-order valence-electron chi connectivity index (χ4n) is 2.96. The monoisotopic (exact) mass is 281 g/mol. The first-order valence-corrected chi connectivity index (χ1v) is 7.79. The van der Waals surface area contributed by atoms with E-state index in [9.17, 15) is 0 Å². The van der Waals surface area contributed by atoms with Crippen molar-refractivity contribution in [3.05, 3.63) is 65.5 Å². The molecule has 0 saturated carbocycles. The van der Waals surface area contributed by atoms with Crippen LogP contribution in [0.15, 0.2) is 48.8 Å². The highest BCUT2D eigenvalue weighted by Gasteiger charge is 2.23. The van der Waals surface area contributed by atoms with Gasteiger partial charge in [0.15, 0.2) is 0 Å². The molecule has 0 bridgehead atoms. The molecule has 1 aromatic carbocycles. The molecule has 110 valence electrons. The lowest BCUT2D eigenvalue weighted by molar-refractivity contribution is 0.153. The largest absolute Gasteiger partial charge is 0.314 e. The van der Waals surface area contributed by atoms with Crippen molar-refractivity contribution in [3.8, 4) is 0 Å². The van der Waals surface area contributed by atoms with Gasteiger partial charge >= 0.3 is 0 Å². The van der Waals surface area contributed by atoms with Crippen LogP contribution in [0.2, 0.25) is 0 Å². The molecule has 1 atom stereocenters. The summed E-state index contributed by atoms with van der Waals surface area (Å²) in [6.07, 6.45) is 4.86. The Labute approximate surface area is 127 Å². The van der Waals surface area contributed by atoms with Gasteiger partial charge in [-0.05, 0) is 35.2 Å². The Bertz CT molecular complexity index is 550. The molecule has 21 heavy (non-hydrogen) atoms. The molecule has 2 aromatic rings. The standard InChI is InChI=1S/C18H23N3/c1-2-15-3-5-17(6-4-15)18-13-20-11-12-21(18)14-16-7-9-19-10-8-16/h3-10,18,20H,2,11-14H2,1H3. The molecule has 3 rings (SSSR count). The van der Waals surface area contributed by atoms with Crippen LogP contribution in [0.25, 0.3) is 0 Å². The molecule has 0 spiro atoms. The summed E-state index contributed by atoms with van der Waals surface area (Å²) in [6.45, 7) is 6.37. The zero-order valence-corrected chi connectivity index (χ0v) is 12.6. The molecule has 2 heterocycles. The summed E-state index contributed by atoms with van der Waals surface area (Å²) in [5, 5.41) is 3.52. The topological polar surface area (TPSA) is 28.2 Å². The molecule has 0 aliphatic carbocycles. The van der Waals surface area contributed by atoms with Crippen molar-refractivity contribution in [1.29, 1.82) is 0 Å². The zero-order chi connectivity index (χ0) is 14.5. The van der Waals surface area contributed by atoms with Crippen molar-refractivity contribution in [3.63, 3.8) is 0 Å². The number of aryl methyl sites for hydroxylation is 1. The molecule has 1 fully saturated rings. The SMILES string of the molecule is CCc1ccc(C2CNCCN2Cc2ccncc2)cc1. The lowest BCUT2D eigenvalue weighted by Gasteiger charge is -2.36. The number of aromatic nitrogens is 1. The molecule has 1 saturated heterocycles. The third-order valence-corrected chi connectivity index (χ3v) is 4.26. The lowest BCUT2D eigenvalue weighted by atomic mass is 10.0. The number of piperazine rings is 1. The van der Waals surface area contributed by atoms with Crippen molar-refractivity contribution >= 4 is 0 Å². The van der Waals surface area contributed by atoms with Gasteiger partial charge in [0.2, 0.25) is 0 Å². The third-order valence-electron chi connectivity index (χ3n) is 4.26. The Morgan fingerprint density at radius 3 is 2.57 bits per heavy atom. The lowest BCUT2D eigenvalue weighted by Crippen LogP contribution is -2.45. The van der Waals surface area contributed by atoms with Crippen LogP contribution in [0.3, 0.4) is 0 Å². The minimum absolute atomic E-state index is 0.456. The molecular formula is C18H23N3. The molecule has 0 amide bonds. The van der Waals surface area contributed by atoms with Gasteiger partial charge in [0, 0.05) is 44.6 Å². The summed E-state index contributed by atoms with van der Waals surface area (Å²) < 4.78 is 0. The highest BCUT2D eigenvalue weighted by atomic mass is 15.2. The summed E-state index contributed by atoms with van der Waals surface area (Å²) in [6, 6.07) is 13.8. The van der Waals surface area contributed by atoms with E-state index >= 15 is 0 Å². The maximum atomic E-state index is 4.10. The first-order chi connectivity index (χ1) is 10.4. The molecule has 0 radical (unpaired) electrons. The summed E-state index contributed by atoms with van der Waals surface area (Å²) in [5.74, 6) is 0. The van der Waals surface area contributed by atoms with Crippen molar-refractivity contribution in [1.82, 2.24) is 15.2 Å². The van der Waals surface area contributed by atoms with Gasteiger partial charge in [-0.1, -0.05) is 31.2 Å². The minimum atomic E-state index is 0.456. The average molecular weight is 281 g/mol. The van der Waals surface area contributed by atoms with Gasteiger partial charge in [-0.2, -0.15) is 0 Å². The summed E-state index contributed by atoms with van der Waals surface area (Å²) >= 11 is 0. The van der Waals surface area contributed by atoms with Crippen LogP contribution in [0.1, 0.15) is 29.7 Å². The van der Waals surface area contributed by atoms with E-state index in [4.69, 9.17) is 0 Å². The van der Waals surface area contributed by atoms with Gasteiger partial charge in [-0.15, -0.1) is 0 Å². The maximum absolute atomic E-state index is 4.10. The second-order valence-electron chi connectivity index (χ2n) is 5.64. The van der Waals surface area contributed by atoms with Crippen molar-refractivity contribution in [2.75, 3.05) is 19.6 Å². The summed E-state index contributed by atoms with van der Waals surface area (Å²) in [4.78, 5) is 6.67. The normalized spacial score (nSPS) is 19.6. The van der Waals surface area contributed by atoms with Gasteiger partial charge in [-0.25, -0.2) is 0 Å². The van der Waals surface area contributed by atoms with Gasteiger partial charge in [0.05, 0.1) is 0 Å². The Morgan fingerprint density at radius 1 is 1.10 bits per heavy atom. The summed E-state index contributed by atoms with van der Waals surface area (Å²) in [5.41, 5.74) is 4.15. The molecule has 1 N–H and O–H groups in total. The number of benzene rings is 1. The Hall–Kier alpha value is -1.71. The fraction of sp³-hybridized carbons (Fsp3) is 0.389. The van der Waals surface area contributed by atoms with Crippen LogP contribution in [0.5, 0.6) is 0 Å². The van der Waals surface area contributed by atoms with Gasteiger partial charge in [0.1, 0.15) is 0 Å². The number of rotatable bonds is 4. The summed E-state index contributed by atoms with van der Waals surface area (Å²) in [7, 11) is 0. The highest BCUT2D eigenvalue weighted by molar-refractivity contribution is 5.26. The first-order valence-electron chi connectivity index (χ1n) is 7.79. The predicted octanol–water partition coefficient (Wildman–Crippen LogP) is 2.79. The minimum Gasteiger partial charge on any atom is -0.314 e. The molecule has 1 aromatic heterocycles. The molecule has 1 unspecified atom stereocenters.